The molecular formula is C20H32ClNO4. The maximum Gasteiger partial charge on any atom is 0.160 e. The summed E-state index contributed by atoms with van der Waals surface area (Å²) in [6, 6.07) is 6.51. The van der Waals surface area contributed by atoms with Crippen LogP contribution >= 0.6 is 12.4 Å². The van der Waals surface area contributed by atoms with Crippen LogP contribution in [0.5, 0.6) is 11.5 Å². The first-order valence-corrected chi connectivity index (χ1v) is 9.46. The monoisotopic (exact) mass is 385 g/mol. The predicted octanol–water partition coefficient (Wildman–Crippen LogP) is 3.06. The SMILES string of the molecule is COc1ccc(CCOC2CCCC[C@H]2N2CC[C@@H](O)C2)cc1OC.Cl. The molecule has 1 aromatic carbocycles. The van der Waals surface area contributed by atoms with Crippen molar-refractivity contribution in [1.82, 2.24) is 4.90 Å². The van der Waals surface area contributed by atoms with Gasteiger partial charge in [-0.1, -0.05) is 18.9 Å². The Morgan fingerprint density at radius 1 is 1.08 bits per heavy atom. The van der Waals surface area contributed by atoms with Crippen molar-refractivity contribution in [3.05, 3.63) is 23.8 Å². The van der Waals surface area contributed by atoms with Crippen molar-refractivity contribution < 1.29 is 19.3 Å². The summed E-state index contributed by atoms with van der Waals surface area (Å²) in [5.41, 5.74) is 1.20. The summed E-state index contributed by atoms with van der Waals surface area (Å²) in [6.45, 7) is 2.52. The lowest BCUT2D eigenvalue weighted by Gasteiger charge is -2.37. The lowest BCUT2D eigenvalue weighted by molar-refractivity contribution is -0.0316. The minimum absolute atomic E-state index is 0. The maximum absolute atomic E-state index is 9.83. The van der Waals surface area contributed by atoms with Crippen molar-refractivity contribution >= 4 is 12.4 Å². The van der Waals surface area contributed by atoms with Crippen molar-refractivity contribution in [2.75, 3.05) is 33.9 Å². The molecule has 1 heterocycles. The number of aliphatic hydroxyl groups is 1. The van der Waals surface area contributed by atoms with Gasteiger partial charge in [0.25, 0.3) is 0 Å². The van der Waals surface area contributed by atoms with E-state index in [0.29, 0.717) is 18.8 Å². The highest BCUT2D eigenvalue weighted by Crippen LogP contribution is 2.30. The topological polar surface area (TPSA) is 51.2 Å². The Kier molecular flexibility index (Phi) is 8.48. The third-order valence-corrected chi connectivity index (χ3v) is 5.50. The number of halogens is 1. The van der Waals surface area contributed by atoms with Crippen LogP contribution in [0.4, 0.5) is 0 Å². The van der Waals surface area contributed by atoms with Gasteiger partial charge >= 0.3 is 0 Å². The van der Waals surface area contributed by atoms with Gasteiger partial charge in [-0.05, 0) is 43.4 Å². The van der Waals surface area contributed by atoms with Crippen molar-refractivity contribution in [3.8, 4) is 11.5 Å². The van der Waals surface area contributed by atoms with E-state index < -0.39 is 0 Å². The van der Waals surface area contributed by atoms with Gasteiger partial charge in [-0.25, -0.2) is 0 Å². The average Bonchev–Trinajstić information content (AvgIpc) is 3.08. The molecule has 1 saturated heterocycles. The molecule has 148 valence electrons. The van der Waals surface area contributed by atoms with E-state index in [1.807, 2.05) is 12.1 Å². The fourth-order valence-corrected chi connectivity index (χ4v) is 4.12. The number of benzene rings is 1. The summed E-state index contributed by atoms with van der Waals surface area (Å²) >= 11 is 0. The summed E-state index contributed by atoms with van der Waals surface area (Å²) in [5, 5.41) is 9.83. The first kappa shape index (κ1) is 21.3. The molecule has 1 N–H and O–H groups in total. The predicted molar refractivity (Wildman–Crippen MR) is 105 cm³/mol. The highest BCUT2D eigenvalue weighted by Gasteiger charge is 2.34. The van der Waals surface area contributed by atoms with Crippen LogP contribution in [0.2, 0.25) is 0 Å². The zero-order chi connectivity index (χ0) is 17.6. The molecule has 0 aromatic heterocycles. The number of likely N-dealkylation sites (tertiary alicyclic amines) is 1. The summed E-state index contributed by atoms with van der Waals surface area (Å²) < 4.78 is 16.9. The molecule has 0 spiro atoms. The molecule has 1 saturated carbocycles. The van der Waals surface area contributed by atoms with Crippen LogP contribution in [-0.4, -0.2) is 62.2 Å². The lowest BCUT2D eigenvalue weighted by Crippen LogP contribution is -2.46. The fourth-order valence-electron chi connectivity index (χ4n) is 4.12. The van der Waals surface area contributed by atoms with Gasteiger partial charge in [-0.2, -0.15) is 0 Å². The van der Waals surface area contributed by atoms with Gasteiger partial charge in [-0.15, -0.1) is 12.4 Å². The molecular weight excluding hydrogens is 354 g/mol. The van der Waals surface area contributed by atoms with E-state index in [1.165, 1.54) is 24.8 Å². The van der Waals surface area contributed by atoms with Gasteiger partial charge in [0.05, 0.1) is 33.0 Å². The second kappa shape index (κ2) is 10.4. The third kappa shape index (κ3) is 5.26. The molecule has 2 aliphatic rings. The highest BCUT2D eigenvalue weighted by atomic mass is 35.5. The quantitative estimate of drug-likeness (QED) is 0.781. The molecule has 2 fully saturated rings. The summed E-state index contributed by atoms with van der Waals surface area (Å²) in [6.07, 6.45) is 6.73. The van der Waals surface area contributed by atoms with Gasteiger partial charge in [0, 0.05) is 19.1 Å². The van der Waals surface area contributed by atoms with Crippen molar-refractivity contribution in [2.24, 2.45) is 0 Å². The van der Waals surface area contributed by atoms with Crippen molar-refractivity contribution in [3.63, 3.8) is 0 Å². The first-order chi connectivity index (χ1) is 12.2. The molecule has 1 aromatic rings. The normalized spacial score (nSPS) is 26.3. The number of β-amino-alcohol motifs (C(OH)–C–C–N with tert-alkyl or cyclic N) is 1. The zero-order valence-electron chi connectivity index (χ0n) is 15.9. The van der Waals surface area contributed by atoms with Crippen LogP contribution in [0.1, 0.15) is 37.7 Å². The zero-order valence-corrected chi connectivity index (χ0v) is 16.7. The van der Waals surface area contributed by atoms with E-state index in [0.717, 1.165) is 43.9 Å². The van der Waals surface area contributed by atoms with Gasteiger partial charge in [-0.3, -0.25) is 4.90 Å². The Morgan fingerprint density at radius 2 is 1.85 bits per heavy atom. The van der Waals surface area contributed by atoms with E-state index in [1.54, 1.807) is 14.2 Å². The van der Waals surface area contributed by atoms with Crippen molar-refractivity contribution in [2.45, 2.75) is 56.8 Å². The standard InChI is InChI=1S/C20H31NO4.ClH/c1-23-19-8-7-15(13-20(19)24-2)10-12-25-18-6-4-3-5-17(18)21-11-9-16(22)14-21;/h7-8,13,16-18,22H,3-6,9-12,14H2,1-2H3;1H/t16-,17-,18?;/m1./s1. The number of hydrogen-bond acceptors (Lipinski definition) is 5. The molecule has 3 rings (SSSR count). The molecule has 0 bridgehead atoms. The van der Waals surface area contributed by atoms with Gasteiger partial charge in [0.2, 0.25) is 0 Å². The van der Waals surface area contributed by atoms with Crippen LogP contribution in [-0.2, 0) is 11.2 Å². The number of methoxy groups -OCH3 is 2. The van der Waals surface area contributed by atoms with Crippen LogP contribution in [0, 0.1) is 0 Å². The second-order valence-electron chi connectivity index (χ2n) is 7.14. The average molecular weight is 386 g/mol. The molecule has 6 heteroatoms. The number of ether oxygens (including phenoxy) is 3. The molecule has 1 aliphatic carbocycles. The van der Waals surface area contributed by atoms with Crippen LogP contribution < -0.4 is 9.47 Å². The number of aliphatic hydroxyl groups excluding tert-OH is 1. The van der Waals surface area contributed by atoms with E-state index >= 15 is 0 Å². The molecule has 0 amide bonds. The Morgan fingerprint density at radius 3 is 2.54 bits per heavy atom. The number of rotatable bonds is 7. The van der Waals surface area contributed by atoms with Gasteiger partial charge < -0.3 is 19.3 Å². The van der Waals surface area contributed by atoms with Gasteiger partial charge in [0.15, 0.2) is 11.5 Å². The molecule has 0 radical (unpaired) electrons. The fraction of sp³-hybridized carbons (Fsp3) is 0.700. The number of nitrogens with zero attached hydrogens (tertiary/aromatic N) is 1. The van der Waals surface area contributed by atoms with E-state index in [-0.39, 0.29) is 18.5 Å². The highest BCUT2D eigenvalue weighted by molar-refractivity contribution is 5.85. The third-order valence-electron chi connectivity index (χ3n) is 5.50. The molecule has 5 nitrogen and oxygen atoms in total. The second-order valence-corrected chi connectivity index (χ2v) is 7.14. The Hall–Kier alpha value is -1.01. The minimum Gasteiger partial charge on any atom is -0.493 e. The minimum atomic E-state index is -0.158. The van der Waals surface area contributed by atoms with E-state index in [9.17, 15) is 5.11 Å². The summed E-state index contributed by atoms with van der Waals surface area (Å²) in [5.74, 6) is 1.52. The van der Waals surface area contributed by atoms with E-state index in [2.05, 4.69) is 11.0 Å². The maximum atomic E-state index is 9.83. The Balaban J connectivity index is 0.00000243. The lowest BCUT2D eigenvalue weighted by atomic mass is 9.91. The number of hydrogen-bond donors (Lipinski definition) is 1. The van der Waals surface area contributed by atoms with Crippen LogP contribution in [0.3, 0.4) is 0 Å². The van der Waals surface area contributed by atoms with Crippen molar-refractivity contribution in [1.29, 1.82) is 0 Å². The van der Waals surface area contributed by atoms with Gasteiger partial charge in [0.1, 0.15) is 0 Å². The van der Waals surface area contributed by atoms with Crippen LogP contribution in [0.25, 0.3) is 0 Å². The van der Waals surface area contributed by atoms with E-state index in [4.69, 9.17) is 14.2 Å². The molecule has 3 atom stereocenters. The summed E-state index contributed by atoms with van der Waals surface area (Å²) in [4.78, 5) is 2.44. The Labute approximate surface area is 163 Å². The largest absolute Gasteiger partial charge is 0.493 e. The molecule has 1 aliphatic heterocycles. The first-order valence-electron chi connectivity index (χ1n) is 9.46. The molecule has 26 heavy (non-hydrogen) atoms. The molecule has 1 unspecified atom stereocenters. The Bertz CT molecular complexity index is 557. The summed E-state index contributed by atoms with van der Waals surface area (Å²) in [7, 11) is 3.31. The van der Waals surface area contributed by atoms with Crippen LogP contribution in [0.15, 0.2) is 18.2 Å². The smallest absolute Gasteiger partial charge is 0.160 e.